The fraction of sp³-hybridized carbons (Fsp3) is 0.308. The molecule has 0 aliphatic carbocycles. The molecule has 0 fully saturated rings. The minimum Gasteiger partial charge on any atom is -0.333 e. The number of nitrogens with zero attached hydrogens (tertiary/aromatic N) is 3. The van der Waals surface area contributed by atoms with Crippen LogP contribution in [-0.4, -0.2) is 21.0 Å². The lowest BCUT2D eigenvalue weighted by Gasteiger charge is -2.04. The maximum atomic E-state index is 13.9. The molecule has 2 aromatic rings. The van der Waals surface area contributed by atoms with E-state index in [1.54, 1.807) is 17.1 Å². The fourth-order valence-corrected chi connectivity index (χ4v) is 1.86. The van der Waals surface area contributed by atoms with Crippen molar-refractivity contribution in [3.63, 3.8) is 0 Å². The highest BCUT2D eigenvalue weighted by Gasteiger charge is 2.17. The summed E-state index contributed by atoms with van der Waals surface area (Å²) in [5.74, 6) is -0.792. The van der Waals surface area contributed by atoms with Crippen molar-refractivity contribution >= 4 is 5.69 Å². The average Bonchev–Trinajstić information content (AvgIpc) is 2.86. The van der Waals surface area contributed by atoms with E-state index >= 15 is 0 Å². The molecule has 0 saturated carbocycles. The van der Waals surface area contributed by atoms with Gasteiger partial charge in [-0.15, -0.1) is 0 Å². The van der Waals surface area contributed by atoms with E-state index in [0.717, 1.165) is 18.3 Å². The normalized spacial score (nSPS) is 10.7. The summed E-state index contributed by atoms with van der Waals surface area (Å²) in [5.41, 5.74) is 0.611. The molecule has 1 N–H and O–H groups in total. The molecule has 20 heavy (non-hydrogen) atoms. The van der Waals surface area contributed by atoms with Gasteiger partial charge in [0, 0.05) is 24.4 Å². The van der Waals surface area contributed by atoms with E-state index in [1.165, 1.54) is 12.1 Å². The molecule has 1 heterocycles. The molecule has 0 unspecified atom stereocenters. The summed E-state index contributed by atoms with van der Waals surface area (Å²) in [6, 6.07) is 4.17. The summed E-state index contributed by atoms with van der Waals surface area (Å²) < 4.78 is 15.6. The van der Waals surface area contributed by atoms with Gasteiger partial charge in [-0.25, -0.2) is 4.98 Å². The fourth-order valence-electron chi connectivity index (χ4n) is 1.86. The van der Waals surface area contributed by atoms with Crippen molar-refractivity contribution < 1.29 is 9.31 Å². The highest BCUT2D eigenvalue weighted by atomic mass is 19.1. The molecular formula is C13H15FN4O2. The molecule has 7 heteroatoms. The van der Waals surface area contributed by atoms with Gasteiger partial charge in [0.25, 0.3) is 0 Å². The summed E-state index contributed by atoms with van der Waals surface area (Å²) in [4.78, 5) is 14.1. The molecule has 0 spiro atoms. The van der Waals surface area contributed by atoms with Gasteiger partial charge in [-0.05, 0) is 6.54 Å². The quantitative estimate of drug-likeness (QED) is 0.648. The van der Waals surface area contributed by atoms with Gasteiger partial charge >= 0.3 is 5.69 Å². The predicted octanol–water partition coefficient (Wildman–Crippen LogP) is 2.09. The van der Waals surface area contributed by atoms with Gasteiger partial charge < -0.3 is 9.88 Å². The van der Waals surface area contributed by atoms with Crippen molar-refractivity contribution in [1.82, 2.24) is 14.9 Å². The smallest absolute Gasteiger partial charge is 0.305 e. The van der Waals surface area contributed by atoms with E-state index in [4.69, 9.17) is 0 Å². The van der Waals surface area contributed by atoms with Crippen LogP contribution in [0.4, 0.5) is 10.1 Å². The Balaban J connectivity index is 2.16. The Morgan fingerprint density at radius 1 is 1.50 bits per heavy atom. The molecule has 0 aliphatic rings. The van der Waals surface area contributed by atoms with Crippen molar-refractivity contribution in [3.8, 4) is 0 Å². The van der Waals surface area contributed by atoms with Crippen LogP contribution in [0.15, 0.2) is 30.7 Å². The highest BCUT2D eigenvalue weighted by Crippen LogP contribution is 2.20. The maximum Gasteiger partial charge on any atom is 0.305 e. The molecule has 0 amide bonds. The Hall–Kier alpha value is -2.28. The van der Waals surface area contributed by atoms with Crippen molar-refractivity contribution in [2.75, 3.05) is 6.54 Å². The molecule has 6 nitrogen and oxygen atoms in total. The number of nitrogens with one attached hydrogen (secondary N) is 1. The van der Waals surface area contributed by atoms with Gasteiger partial charge in [0.05, 0.1) is 23.5 Å². The Bertz CT molecular complexity index is 612. The first-order valence-corrected chi connectivity index (χ1v) is 6.25. The number of aromatic nitrogens is 2. The minimum atomic E-state index is -0.792. The Morgan fingerprint density at radius 2 is 2.30 bits per heavy atom. The molecular weight excluding hydrogens is 263 g/mol. The van der Waals surface area contributed by atoms with E-state index in [9.17, 15) is 14.5 Å². The molecule has 0 bridgehead atoms. The van der Waals surface area contributed by atoms with Crippen molar-refractivity contribution in [2.45, 2.75) is 20.0 Å². The maximum absolute atomic E-state index is 13.9. The number of hydrogen-bond acceptors (Lipinski definition) is 4. The number of halogens is 1. The summed E-state index contributed by atoms with van der Waals surface area (Å²) >= 11 is 0. The van der Waals surface area contributed by atoms with Crippen molar-refractivity contribution in [3.05, 3.63) is 57.9 Å². The summed E-state index contributed by atoms with van der Waals surface area (Å²) in [6.45, 7) is 3.69. The van der Waals surface area contributed by atoms with Gasteiger partial charge in [0.2, 0.25) is 5.82 Å². The Kier molecular flexibility index (Phi) is 4.41. The lowest BCUT2D eigenvalue weighted by atomic mass is 10.2. The Morgan fingerprint density at radius 3 is 3.00 bits per heavy atom. The van der Waals surface area contributed by atoms with Gasteiger partial charge in [-0.3, -0.25) is 10.1 Å². The molecule has 1 aromatic carbocycles. The third kappa shape index (κ3) is 3.18. The first kappa shape index (κ1) is 14.1. The second-order valence-electron chi connectivity index (χ2n) is 4.33. The summed E-state index contributed by atoms with van der Waals surface area (Å²) in [6.07, 6.45) is 3.38. The molecule has 2 rings (SSSR count). The van der Waals surface area contributed by atoms with Gasteiger partial charge in [0.15, 0.2) is 0 Å². The monoisotopic (exact) mass is 278 g/mol. The van der Waals surface area contributed by atoms with Crippen LogP contribution in [0.25, 0.3) is 0 Å². The minimum absolute atomic E-state index is 0.215. The van der Waals surface area contributed by atoms with Crippen LogP contribution in [0, 0.1) is 15.9 Å². The van der Waals surface area contributed by atoms with Gasteiger partial charge in [0.1, 0.15) is 0 Å². The predicted molar refractivity (Wildman–Crippen MR) is 71.8 cm³/mol. The molecule has 0 atom stereocenters. The lowest BCUT2D eigenvalue weighted by Crippen LogP contribution is -2.11. The molecule has 0 saturated heterocycles. The molecule has 1 aromatic heterocycles. The van der Waals surface area contributed by atoms with Crippen molar-refractivity contribution in [1.29, 1.82) is 0 Å². The van der Waals surface area contributed by atoms with Crippen LogP contribution >= 0.6 is 0 Å². The third-order valence-corrected chi connectivity index (χ3v) is 2.85. The number of hydrogen-bond donors (Lipinski definition) is 1. The van der Waals surface area contributed by atoms with Gasteiger partial charge in [-0.2, -0.15) is 4.39 Å². The second kappa shape index (κ2) is 6.25. The van der Waals surface area contributed by atoms with E-state index in [-0.39, 0.29) is 12.1 Å². The Labute approximate surface area is 115 Å². The standard InChI is InChI=1S/C13H15FN4O2/c1-2-15-6-11-8-17(9-16-11)7-10-4-3-5-12(13(10)14)18(19)20/h3-5,8-9,15H,2,6-7H2,1H3. The third-order valence-electron chi connectivity index (χ3n) is 2.85. The first-order chi connectivity index (χ1) is 9.61. The molecule has 106 valence electrons. The van der Waals surface area contributed by atoms with Crippen molar-refractivity contribution in [2.24, 2.45) is 0 Å². The SMILES string of the molecule is CCNCc1cn(Cc2cccc([N+](=O)[O-])c2F)cn1. The topological polar surface area (TPSA) is 73.0 Å². The van der Waals surface area contributed by atoms with E-state index < -0.39 is 16.4 Å². The summed E-state index contributed by atoms with van der Waals surface area (Å²) in [7, 11) is 0. The van der Waals surface area contributed by atoms with E-state index in [2.05, 4.69) is 10.3 Å². The zero-order chi connectivity index (χ0) is 14.5. The van der Waals surface area contributed by atoms with E-state index in [1.807, 2.05) is 6.92 Å². The zero-order valence-electron chi connectivity index (χ0n) is 11.0. The highest BCUT2D eigenvalue weighted by molar-refractivity contribution is 5.36. The van der Waals surface area contributed by atoms with Crippen LogP contribution < -0.4 is 5.32 Å². The number of rotatable bonds is 6. The van der Waals surface area contributed by atoms with Crippen LogP contribution in [0.5, 0.6) is 0 Å². The van der Waals surface area contributed by atoms with E-state index in [0.29, 0.717) is 6.54 Å². The zero-order valence-corrected chi connectivity index (χ0v) is 11.0. The van der Waals surface area contributed by atoms with Gasteiger partial charge in [-0.1, -0.05) is 19.1 Å². The average molecular weight is 278 g/mol. The second-order valence-corrected chi connectivity index (χ2v) is 4.33. The number of nitro benzene ring substituents is 1. The first-order valence-electron chi connectivity index (χ1n) is 6.25. The van der Waals surface area contributed by atoms with Crippen LogP contribution in [0.1, 0.15) is 18.2 Å². The summed E-state index contributed by atoms with van der Waals surface area (Å²) in [5, 5.41) is 13.8. The number of nitro groups is 1. The van der Waals surface area contributed by atoms with Crippen LogP contribution in [0.2, 0.25) is 0 Å². The molecule has 0 radical (unpaired) electrons. The number of imidazole rings is 1. The largest absolute Gasteiger partial charge is 0.333 e. The number of benzene rings is 1. The lowest BCUT2D eigenvalue weighted by molar-refractivity contribution is -0.387. The van der Waals surface area contributed by atoms with Crippen LogP contribution in [-0.2, 0) is 13.1 Å². The molecule has 0 aliphatic heterocycles. The van der Waals surface area contributed by atoms with Crippen LogP contribution in [0.3, 0.4) is 0 Å².